The Morgan fingerprint density at radius 1 is 0.973 bits per heavy atom. The number of hydrogen-bond donors (Lipinski definition) is 0. The third-order valence-electron chi connectivity index (χ3n) is 12.3. The van der Waals surface area contributed by atoms with Crippen LogP contribution >= 0.6 is 31.9 Å². The maximum Gasteiger partial charge on any atom is 0.306 e. The zero-order valence-corrected chi connectivity index (χ0v) is 27.8. The summed E-state index contributed by atoms with van der Waals surface area (Å²) in [5.74, 6) is 3.90. The molecule has 4 aliphatic carbocycles. The van der Waals surface area contributed by atoms with Gasteiger partial charge in [0.2, 0.25) is 0 Å². The van der Waals surface area contributed by atoms with Gasteiger partial charge in [-0.25, -0.2) is 0 Å². The fourth-order valence-corrected chi connectivity index (χ4v) is 11.8. The topological polar surface area (TPSA) is 26.3 Å². The van der Waals surface area contributed by atoms with E-state index in [4.69, 9.17) is 4.74 Å². The molecule has 2 nitrogen and oxygen atoms in total. The number of carbonyl (C=O) groups excluding carboxylic acids is 1. The fourth-order valence-electron chi connectivity index (χ4n) is 9.66. The van der Waals surface area contributed by atoms with Gasteiger partial charge in [0.05, 0.1) is 0 Å². The molecular weight excluding hydrogens is 588 g/mol. The molecule has 0 spiro atoms. The number of hydrogen-bond acceptors (Lipinski definition) is 2. The molecule has 214 valence electrons. The first-order chi connectivity index (χ1) is 17.6. The van der Waals surface area contributed by atoms with Gasteiger partial charge in [0.25, 0.3) is 0 Å². The van der Waals surface area contributed by atoms with Crippen LogP contribution in [0.1, 0.15) is 144 Å². The summed E-state index contributed by atoms with van der Waals surface area (Å²) >= 11 is 8.61. The summed E-state index contributed by atoms with van der Waals surface area (Å²) in [7, 11) is 0. The van der Waals surface area contributed by atoms with E-state index in [1.165, 1.54) is 83.5 Å². The van der Waals surface area contributed by atoms with Crippen LogP contribution in [0.3, 0.4) is 0 Å². The molecule has 4 saturated carbocycles. The van der Waals surface area contributed by atoms with E-state index in [-0.39, 0.29) is 21.8 Å². The lowest BCUT2D eigenvalue weighted by atomic mass is 9.44. The summed E-state index contributed by atoms with van der Waals surface area (Å²) in [6.07, 6.45) is 21.8. The smallest absolute Gasteiger partial charge is 0.306 e. The van der Waals surface area contributed by atoms with Crippen LogP contribution in [0.25, 0.3) is 0 Å². The molecule has 0 heterocycles. The van der Waals surface area contributed by atoms with Crippen LogP contribution in [-0.2, 0) is 9.53 Å². The predicted molar refractivity (Wildman–Crippen MR) is 163 cm³/mol. The molecule has 0 radical (unpaired) electrons. The number of ether oxygens (including phenoxy) is 1. The Morgan fingerprint density at radius 2 is 1.70 bits per heavy atom. The second kappa shape index (κ2) is 12.5. The van der Waals surface area contributed by atoms with Gasteiger partial charge in [-0.15, -0.1) is 0 Å². The number of esters is 1. The van der Waals surface area contributed by atoms with Gasteiger partial charge in [0.1, 0.15) is 6.10 Å². The van der Waals surface area contributed by atoms with Crippen LogP contribution < -0.4 is 0 Å². The number of halogens is 2. The molecule has 0 unspecified atom stereocenters. The van der Waals surface area contributed by atoms with E-state index >= 15 is 0 Å². The first-order valence-electron chi connectivity index (χ1n) is 16.1. The third-order valence-corrected chi connectivity index (χ3v) is 15.9. The Kier molecular flexibility index (Phi) is 10.3. The normalized spacial score (nSPS) is 44.0. The highest BCUT2D eigenvalue weighted by Gasteiger charge is 2.66. The molecule has 0 amide bonds. The molecule has 0 aromatic rings. The van der Waals surface area contributed by atoms with Gasteiger partial charge in [-0.3, -0.25) is 4.79 Å². The maximum absolute atomic E-state index is 12.6. The molecule has 4 aliphatic rings. The molecule has 4 heteroatoms. The van der Waals surface area contributed by atoms with Crippen molar-refractivity contribution in [3.63, 3.8) is 0 Å². The molecule has 0 aromatic carbocycles. The Morgan fingerprint density at radius 3 is 2.43 bits per heavy atom. The van der Waals surface area contributed by atoms with E-state index in [9.17, 15) is 4.79 Å². The van der Waals surface area contributed by atoms with E-state index in [0.717, 1.165) is 42.9 Å². The van der Waals surface area contributed by atoms with Crippen molar-refractivity contribution >= 4 is 37.8 Å². The van der Waals surface area contributed by atoms with Gasteiger partial charge >= 0.3 is 5.97 Å². The highest BCUT2D eigenvalue weighted by atomic mass is 79.9. The van der Waals surface area contributed by atoms with Crippen molar-refractivity contribution in [2.45, 2.75) is 159 Å². The summed E-state index contributed by atoms with van der Waals surface area (Å²) < 4.78 is 6.10. The monoisotopic (exact) mass is 642 g/mol. The van der Waals surface area contributed by atoms with E-state index in [0.29, 0.717) is 22.6 Å². The zero-order valence-electron chi connectivity index (χ0n) is 24.6. The standard InChI is InChI=1S/C33H56Br2O2/c1-6-8-9-10-11-12-13-24-14-15-27-26-21-29(34)33(35)22-25(37-30(36)20-23(3)7-2)16-19-32(33,5)28(26)17-18-31(24,27)4/h23-29H,6-22H2,1-5H3/t23-,24-,25-,26-,27-,28-,29+,31+,32+,33-/m0/s1. The Bertz CT molecular complexity index is 771. The quantitative estimate of drug-likeness (QED) is 0.127. The van der Waals surface area contributed by atoms with Crippen LogP contribution in [0.15, 0.2) is 0 Å². The Hall–Kier alpha value is 0.430. The van der Waals surface area contributed by atoms with E-state index in [2.05, 4.69) is 66.5 Å². The molecule has 4 rings (SSSR count). The van der Waals surface area contributed by atoms with Crippen molar-refractivity contribution in [2.75, 3.05) is 0 Å². The van der Waals surface area contributed by atoms with Crippen molar-refractivity contribution in [2.24, 2.45) is 40.4 Å². The predicted octanol–water partition coefficient (Wildman–Crippen LogP) is 10.6. The summed E-state index contributed by atoms with van der Waals surface area (Å²) in [5, 5.41) is 0. The number of carbonyl (C=O) groups is 1. The van der Waals surface area contributed by atoms with E-state index in [1.54, 1.807) is 0 Å². The van der Waals surface area contributed by atoms with Crippen molar-refractivity contribution in [1.29, 1.82) is 0 Å². The van der Waals surface area contributed by atoms with Crippen LogP contribution in [0.4, 0.5) is 0 Å². The summed E-state index contributed by atoms with van der Waals surface area (Å²) in [6, 6.07) is 0. The molecule has 0 bridgehead atoms. The molecular formula is C33H56Br2O2. The van der Waals surface area contributed by atoms with Crippen molar-refractivity contribution in [1.82, 2.24) is 0 Å². The first kappa shape index (κ1) is 30.4. The van der Waals surface area contributed by atoms with Gasteiger partial charge in [-0.2, -0.15) is 0 Å². The SMILES string of the molecule is CCCCCCCC[C@H]1CC[C@H]2[C@@H]3C[C@@H](Br)[C@@]4(Br)C[C@@H](OC(=O)C[C@@H](C)CC)CC[C@]4(C)[C@H]3CC[C@]12C. The Balaban J connectivity index is 1.40. The minimum atomic E-state index is 0.00894. The molecule has 4 fully saturated rings. The number of alkyl halides is 2. The molecule has 37 heavy (non-hydrogen) atoms. The second-order valence-electron chi connectivity index (χ2n) is 14.3. The van der Waals surface area contributed by atoms with Crippen LogP contribution in [-0.4, -0.2) is 21.2 Å². The van der Waals surface area contributed by atoms with Crippen molar-refractivity contribution in [3.05, 3.63) is 0 Å². The first-order valence-corrected chi connectivity index (χ1v) is 17.8. The van der Waals surface area contributed by atoms with Gasteiger partial charge in [-0.1, -0.05) is 111 Å². The van der Waals surface area contributed by atoms with Crippen molar-refractivity contribution in [3.8, 4) is 0 Å². The van der Waals surface area contributed by atoms with Gasteiger partial charge in [-0.05, 0) is 91.8 Å². The van der Waals surface area contributed by atoms with Gasteiger partial charge in [0.15, 0.2) is 0 Å². The van der Waals surface area contributed by atoms with Gasteiger partial charge < -0.3 is 4.74 Å². The molecule has 0 aromatic heterocycles. The van der Waals surface area contributed by atoms with E-state index < -0.39 is 0 Å². The van der Waals surface area contributed by atoms with Crippen molar-refractivity contribution < 1.29 is 9.53 Å². The fraction of sp³-hybridized carbons (Fsp3) is 0.970. The minimum Gasteiger partial charge on any atom is -0.462 e. The largest absolute Gasteiger partial charge is 0.462 e. The van der Waals surface area contributed by atoms with Crippen LogP contribution in [0.2, 0.25) is 0 Å². The third kappa shape index (κ3) is 5.92. The summed E-state index contributed by atoms with van der Waals surface area (Å²) in [6.45, 7) is 11.9. The minimum absolute atomic E-state index is 0.00894. The molecule has 0 saturated heterocycles. The summed E-state index contributed by atoms with van der Waals surface area (Å²) in [5.41, 5.74) is 0.824. The molecule has 10 atom stereocenters. The average Bonchev–Trinajstić information content (AvgIpc) is 3.19. The van der Waals surface area contributed by atoms with Crippen LogP contribution in [0.5, 0.6) is 0 Å². The summed E-state index contributed by atoms with van der Waals surface area (Å²) in [4.78, 5) is 13.1. The van der Waals surface area contributed by atoms with E-state index in [1.807, 2.05) is 0 Å². The maximum atomic E-state index is 12.6. The number of rotatable bonds is 11. The molecule has 0 N–H and O–H groups in total. The highest BCUT2D eigenvalue weighted by Crippen LogP contribution is 2.71. The molecule has 0 aliphatic heterocycles. The Labute approximate surface area is 245 Å². The lowest BCUT2D eigenvalue weighted by Crippen LogP contribution is -2.64. The zero-order chi connectivity index (χ0) is 26.8. The van der Waals surface area contributed by atoms with Gasteiger partial charge in [0, 0.05) is 22.0 Å². The number of unbranched alkanes of at least 4 members (excludes halogenated alkanes) is 5. The number of fused-ring (bicyclic) bond motifs is 5. The average molecular weight is 645 g/mol. The van der Waals surface area contributed by atoms with Crippen LogP contribution in [0, 0.1) is 40.4 Å². The lowest BCUT2D eigenvalue weighted by Gasteiger charge is -2.65. The second-order valence-corrected chi connectivity index (χ2v) is 16.8. The lowest BCUT2D eigenvalue weighted by molar-refractivity contribution is -0.158. The highest BCUT2D eigenvalue weighted by molar-refractivity contribution is 9.12.